The van der Waals surface area contributed by atoms with Crippen molar-refractivity contribution < 1.29 is 30.6 Å². The minimum absolute atomic E-state index is 0.358. The van der Waals surface area contributed by atoms with Gasteiger partial charge in [0.15, 0.2) is 10.1 Å². The molecule has 1 rings (SSSR count). The Morgan fingerprint density at radius 1 is 0.337 bits per heavy atom. The van der Waals surface area contributed by atoms with Crippen LogP contribution < -0.4 is 0 Å². The van der Waals surface area contributed by atoms with Gasteiger partial charge in [0.05, 0.1) is 13.1 Å². The van der Waals surface area contributed by atoms with Crippen molar-refractivity contribution in [1.82, 2.24) is 0 Å². The molecule has 1 aliphatic heterocycles. The first-order valence-corrected chi connectivity index (χ1v) is 40.7. The van der Waals surface area contributed by atoms with Crippen LogP contribution >= 0.6 is 0 Å². The number of nitrogens with zero attached hydrogens (tertiary/aromatic N) is 1. The van der Waals surface area contributed by atoms with Crippen LogP contribution in [-0.4, -0.2) is 41.6 Å². The Kier molecular flexibility index (Phi) is 56.7. The van der Waals surface area contributed by atoms with E-state index in [1.165, 1.54) is 384 Å². The van der Waals surface area contributed by atoms with Gasteiger partial charge in [0.2, 0.25) is 0 Å². The van der Waals surface area contributed by atoms with Gasteiger partial charge in [0.1, 0.15) is 11.2 Å². The normalized spacial score (nSPS) is 15.8. The molecule has 86 heavy (non-hydrogen) atoms. The lowest BCUT2D eigenvalue weighted by Crippen LogP contribution is -2.75. The molecule has 1 atom stereocenters. The molecule has 0 bridgehead atoms. The van der Waals surface area contributed by atoms with Gasteiger partial charge in [-0.2, -0.15) is 13.2 Å². The molecule has 8 heteroatoms. The van der Waals surface area contributed by atoms with E-state index in [1.54, 1.807) is 25.7 Å². The third-order valence-corrected chi connectivity index (χ3v) is 21.6. The van der Waals surface area contributed by atoms with Crippen molar-refractivity contribution in [2.75, 3.05) is 13.1 Å². The van der Waals surface area contributed by atoms with Crippen molar-refractivity contribution in [3.8, 4) is 0 Å². The van der Waals surface area contributed by atoms with E-state index >= 15 is 0 Å². The molecular formula is C78H154F3NO3S. The van der Waals surface area contributed by atoms with Crippen LogP contribution in [0.2, 0.25) is 0 Å². The monoisotopic (exact) mass is 1240 g/mol. The fourth-order valence-electron chi connectivity index (χ4n) is 16.2. The maximum absolute atomic E-state index is 10.7. The van der Waals surface area contributed by atoms with E-state index in [2.05, 4.69) is 73.6 Å². The summed E-state index contributed by atoms with van der Waals surface area (Å²) in [6.45, 7) is 24.9. The van der Waals surface area contributed by atoms with Gasteiger partial charge >= 0.3 is 5.51 Å². The number of allylic oxidation sites excluding steroid dienone is 2. The standard InChI is InChI=1S/C77H154N.CHF3O3S/c1-10-19-28-37-46-55-64-73-74(65-56-47-38-29-20-11-2)76(67-58-49-40-31-22-13-4,68-59-50-41-32-23-14-5)77(69-60-51-42-33-24-15-6,70-61-52-43-34-25-16-7)78(71-62-53-44-35-26-17-8,72-63-54-45-36-27-18-9)75(73)66-57-48-39-30-21-12-3;2-1(3,4)8(5,6)7/h74H,10-72H2,1-9H3;(H,5,6,7)/q+1;/p-1. The predicted octanol–water partition coefficient (Wildman–Crippen LogP) is 28.4. The highest BCUT2D eigenvalue weighted by Crippen LogP contribution is 2.66. The summed E-state index contributed by atoms with van der Waals surface area (Å²) in [5.74, 6) is 0.807. The van der Waals surface area contributed by atoms with Crippen molar-refractivity contribution in [3.63, 3.8) is 0 Å². The van der Waals surface area contributed by atoms with E-state index in [0.29, 0.717) is 11.0 Å². The van der Waals surface area contributed by atoms with Gasteiger partial charge < -0.3 is 4.55 Å². The SMILES string of the molecule is CCCCCCCCC1=C(CCCCCCCC)[N+](CCCCCCCC)(CCCCCCCC)C(CCCCCCCC)(CCCCCCCC)C(CCCCCCCC)(CCCCCCCC)C1CCCCCCCC.O=S(=O)([O-])C(F)(F)F. The molecule has 4 nitrogen and oxygen atoms in total. The molecule has 0 aromatic carbocycles. The molecule has 0 saturated heterocycles. The topological polar surface area (TPSA) is 57.2 Å². The molecule has 0 saturated carbocycles. The van der Waals surface area contributed by atoms with E-state index in [4.69, 9.17) is 13.0 Å². The van der Waals surface area contributed by atoms with E-state index < -0.39 is 15.6 Å². The van der Waals surface area contributed by atoms with Crippen LogP contribution in [-0.2, 0) is 10.1 Å². The molecule has 0 N–H and O–H groups in total. The molecule has 0 radical (unpaired) electrons. The van der Waals surface area contributed by atoms with Gasteiger partial charge in [0, 0.05) is 24.7 Å². The van der Waals surface area contributed by atoms with E-state index in [1.807, 2.05) is 0 Å². The second-order valence-electron chi connectivity index (χ2n) is 28.2. The number of hydrogen-bond acceptors (Lipinski definition) is 3. The van der Waals surface area contributed by atoms with Crippen molar-refractivity contribution >= 4 is 10.1 Å². The van der Waals surface area contributed by atoms with E-state index in [-0.39, 0.29) is 0 Å². The summed E-state index contributed by atoms with van der Waals surface area (Å²) >= 11 is 0. The second kappa shape index (κ2) is 57.1. The Labute approximate surface area is 538 Å². The Bertz CT molecular complexity index is 1550. The lowest BCUT2D eigenvalue weighted by Gasteiger charge is -2.69. The molecule has 0 aromatic heterocycles. The van der Waals surface area contributed by atoms with Crippen LogP contribution in [0.15, 0.2) is 11.3 Å². The van der Waals surface area contributed by atoms with Crippen LogP contribution in [0.5, 0.6) is 0 Å². The largest absolute Gasteiger partial charge is 0.741 e. The van der Waals surface area contributed by atoms with Crippen LogP contribution in [0.1, 0.15) is 454 Å². The summed E-state index contributed by atoms with van der Waals surface area (Å²) in [6.07, 6.45) is 88.9. The number of quaternary nitrogens is 1. The minimum Gasteiger partial charge on any atom is -0.741 e. The average Bonchev–Trinajstić information content (AvgIpc) is 0.692. The van der Waals surface area contributed by atoms with Gasteiger partial charge in [-0.05, 0) is 88.5 Å². The summed E-state index contributed by atoms with van der Waals surface area (Å²) in [4.78, 5) is 0. The van der Waals surface area contributed by atoms with Crippen molar-refractivity contribution in [1.29, 1.82) is 0 Å². The van der Waals surface area contributed by atoms with Gasteiger partial charge in [0.25, 0.3) is 0 Å². The Morgan fingerprint density at radius 2 is 0.570 bits per heavy atom. The zero-order chi connectivity index (χ0) is 63.8. The molecule has 0 fully saturated rings. The molecule has 1 heterocycles. The molecule has 1 aliphatic rings. The predicted molar refractivity (Wildman–Crippen MR) is 374 cm³/mol. The van der Waals surface area contributed by atoms with Gasteiger partial charge in [-0.25, -0.2) is 8.42 Å². The maximum atomic E-state index is 10.7. The van der Waals surface area contributed by atoms with Crippen LogP contribution in [0, 0.1) is 11.3 Å². The number of halogens is 3. The van der Waals surface area contributed by atoms with Gasteiger partial charge in [-0.3, -0.25) is 4.48 Å². The molecule has 0 aliphatic carbocycles. The Morgan fingerprint density at radius 3 is 0.860 bits per heavy atom. The highest BCUT2D eigenvalue weighted by molar-refractivity contribution is 7.86. The summed E-state index contributed by atoms with van der Waals surface area (Å²) in [5, 5.41) is 0. The Hall–Kier alpha value is -0.600. The number of hydrogen-bond donors (Lipinski definition) is 0. The first-order valence-electron chi connectivity index (χ1n) is 39.3. The van der Waals surface area contributed by atoms with Gasteiger partial charge in [-0.1, -0.05) is 358 Å². The van der Waals surface area contributed by atoms with E-state index in [0.717, 1.165) is 5.92 Å². The Balaban J connectivity index is 0.00000836. The van der Waals surface area contributed by atoms with Gasteiger partial charge in [-0.15, -0.1) is 0 Å². The molecule has 0 spiro atoms. The zero-order valence-corrected chi connectivity index (χ0v) is 60.7. The average molecular weight is 1240 g/mol. The molecule has 1 unspecified atom stereocenters. The highest BCUT2D eigenvalue weighted by Gasteiger charge is 2.68. The summed E-state index contributed by atoms with van der Waals surface area (Å²) in [6, 6.07) is 0. The fraction of sp³-hybridized carbons (Fsp3) is 0.974. The fourth-order valence-corrected chi connectivity index (χ4v) is 16.2. The summed E-state index contributed by atoms with van der Waals surface area (Å²) in [5.41, 5.74) is -0.547. The summed E-state index contributed by atoms with van der Waals surface area (Å²) < 4.78 is 60.4. The molecule has 516 valence electrons. The number of alkyl halides is 3. The molecular weight excluding hydrogens is 1090 g/mol. The third kappa shape index (κ3) is 36.6. The minimum atomic E-state index is -6.09. The van der Waals surface area contributed by atoms with Crippen LogP contribution in [0.3, 0.4) is 0 Å². The van der Waals surface area contributed by atoms with Crippen LogP contribution in [0.4, 0.5) is 13.2 Å². The first kappa shape index (κ1) is 85.4. The third-order valence-electron chi connectivity index (χ3n) is 21.0. The highest BCUT2D eigenvalue weighted by atomic mass is 32.2. The lowest BCUT2D eigenvalue weighted by molar-refractivity contribution is -0.960. The molecule has 0 amide bonds. The van der Waals surface area contributed by atoms with Crippen LogP contribution in [0.25, 0.3) is 0 Å². The van der Waals surface area contributed by atoms with Crippen molar-refractivity contribution in [2.45, 2.75) is 465 Å². The second-order valence-corrected chi connectivity index (χ2v) is 29.6. The number of rotatable bonds is 63. The quantitative estimate of drug-likeness (QED) is 0.0264. The summed E-state index contributed by atoms with van der Waals surface area (Å²) in [7, 11) is -6.09. The molecule has 0 aromatic rings. The zero-order valence-electron chi connectivity index (χ0n) is 59.8. The maximum Gasteiger partial charge on any atom is 0.485 e. The first-order chi connectivity index (χ1) is 41.7. The van der Waals surface area contributed by atoms with Crippen molar-refractivity contribution in [2.24, 2.45) is 11.3 Å². The lowest BCUT2D eigenvalue weighted by atomic mass is 9.48. The van der Waals surface area contributed by atoms with Crippen molar-refractivity contribution in [3.05, 3.63) is 11.3 Å². The van der Waals surface area contributed by atoms with E-state index in [9.17, 15) is 13.2 Å². The number of unbranched alkanes of at least 4 members (excludes halogenated alkanes) is 45. The smallest absolute Gasteiger partial charge is 0.485 e.